The lowest BCUT2D eigenvalue weighted by Gasteiger charge is -2.09. The standard InChI is InChI=1S/C10H15NO3S/c1-4-15(12,13)10-6-5-9(7-11-10)14-8(2)3/h5-8H,4H2,1-3H3. The van der Waals surface area contributed by atoms with E-state index in [0.717, 1.165) is 0 Å². The number of hydrogen-bond donors (Lipinski definition) is 0. The van der Waals surface area contributed by atoms with Crippen molar-refractivity contribution >= 4 is 9.84 Å². The zero-order valence-electron chi connectivity index (χ0n) is 9.10. The van der Waals surface area contributed by atoms with Crippen LogP contribution in [-0.2, 0) is 9.84 Å². The zero-order chi connectivity index (χ0) is 11.5. The van der Waals surface area contributed by atoms with Gasteiger partial charge in [0.05, 0.1) is 18.1 Å². The molecule has 0 aliphatic heterocycles. The molecule has 0 unspecified atom stereocenters. The molecule has 84 valence electrons. The van der Waals surface area contributed by atoms with Crippen molar-refractivity contribution in [1.29, 1.82) is 0 Å². The van der Waals surface area contributed by atoms with E-state index in [2.05, 4.69) is 4.98 Å². The fraction of sp³-hybridized carbons (Fsp3) is 0.500. The first-order valence-electron chi connectivity index (χ1n) is 4.81. The molecule has 0 fully saturated rings. The Morgan fingerprint density at radius 3 is 2.47 bits per heavy atom. The summed E-state index contributed by atoms with van der Waals surface area (Å²) >= 11 is 0. The Balaban J connectivity index is 2.91. The van der Waals surface area contributed by atoms with Crippen molar-refractivity contribution in [2.75, 3.05) is 5.75 Å². The van der Waals surface area contributed by atoms with Crippen LogP contribution in [0.25, 0.3) is 0 Å². The van der Waals surface area contributed by atoms with Gasteiger partial charge in [0.25, 0.3) is 0 Å². The number of nitrogens with zero attached hydrogens (tertiary/aromatic N) is 1. The molecule has 0 aliphatic carbocycles. The van der Waals surface area contributed by atoms with Crippen LogP contribution in [0.4, 0.5) is 0 Å². The molecular formula is C10H15NO3S. The molecule has 0 radical (unpaired) electrons. The van der Waals surface area contributed by atoms with E-state index >= 15 is 0 Å². The summed E-state index contributed by atoms with van der Waals surface area (Å²) in [6, 6.07) is 3.09. The van der Waals surface area contributed by atoms with Gasteiger partial charge in [0.1, 0.15) is 5.75 Å². The van der Waals surface area contributed by atoms with Gasteiger partial charge in [-0.05, 0) is 26.0 Å². The van der Waals surface area contributed by atoms with E-state index in [9.17, 15) is 8.42 Å². The number of rotatable bonds is 4. The quantitative estimate of drug-likeness (QED) is 0.788. The summed E-state index contributed by atoms with van der Waals surface area (Å²) in [5.74, 6) is 0.643. The van der Waals surface area contributed by atoms with Gasteiger partial charge >= 0.3 is 0 Å². The van der Waals surface area contributed by atoms with E-state index < -0.39 is 9.84 Å². The Morgan fingerprint density at radius 1 is 1.40 bits per heavy atom. The summed E-state index contributed by atoms with van der Waals surface area (Å²) in [6.45, 7) is 5.39. The fourth-order valence-corrected chi connectivity index (χ4v) is 1.82. The van der Waals surface area contributed by atoms with Crippen LogP contribution in [-0.4, -0.2) is 25.3 Å². The second-order valence-corrected chi connectivity index (χ2v) is 5.63. The predicted molar refractivity (Wildman–Crippen MR) is 57.7 cm³/mol. The van der Waals surface area contributed by atoms with Gasteiger partial charge in [-0.2, -0.15) is 0 Å². The number of pyridine rings is 1. The Morgan fingerprint density at radius 2 is 2.07 bits per heavy atom. The summed E-state index contributed by atoms with van der Waals surface area (Å²) in [5, 5.41) is 0.0982. The first-order valence-corrected chi connectivity index (χ1v) is 6.46. The van der Waals surface area contributed by atoms with E-state index in [1.54, 1.807) is 13.0 Å². The SMILES string of the molecule is CCS(=O)(=O)c1ccc(OC(C)C)cn1. The molecule has 0 bridgehead atoms. The van der Waals surface area contributed by atoms with Crippen molar-refractivity contribution in [1.82, 2.24) is 4.98 Å². The first-order chi connectivity index (χ1) is 6.95. The summed E-state index contributed by atoms with van der Waals surface area (Å²) in [5.41, 5.74) is 0. The van der Waals surface area contributed by atoms with Gasteiger partial charge in [-0.25, -0.2) is 13.4 Å². The highest BCUT2D eigenvalue weighted by Crippen LogP contribution is 2.14. The third-order valence-corrected chi connectivity index (χ3v) is 3.42. The Kier molecular flexibility index (Phi) is 3.68. The predicted octanol–water partition coefficient (Wildman–Crippen LogP) is 1.66. The van der Waals surface area contributed by atoms with Gasteiger partial charge in [-0.3, -0.25) is 0 Å². The van der Waals surface area contributed by atoms with Gasteiger partial charge in [0.15, 0.2) is 14.9 Å². The van der Waals surface area contributed by atoms with Crippen LogP contribution in [0.15, 0.2) is 23.4 Å². The maximum absolute atomic E-state index is 11.4. The lowest BCUT2D eigenvalue weighted by Crippen LogP contribution is -2.08. The van der Waals surface area contributed by atoms with Crippen LogP contribution in [0.2, 0.25) is 0 Å². The Bertz CT molecular complexity index is 409. The highest BCUT2D eigenvalue weighted by molar-refractivity contribution is 7.91. The van der Waals surface area contributed by atoms with Gasteiger partial charge in [0, 0.05) is 0 Å². The van der Waals surface area contributed by atoms with Crippen molar-refractivity contribution in [2.24, 2.45) is 0 Å². The summed E-state index contributed by atoms with van der Waals surface area (Å²) in [7, 11) is -3.21. The molecule has 1 rings (SSSR count). The smallest absolute Gasteiger partial charge is 0.195 e. The highest BCUT2D eigenvalue weighted by atomic mass is 32.2. The second kappa shape index (κ2) is 4.61. The third kappa shape index (κ3) is 3.20. The van der Waals surface area contributed by atoms with E-state index in [1.165, 1.54) is 12.3 Å². The molecule has 0 saturated carbocycles. The lowest BCUT2D eigenvalue weighted by molar-refractivity contribution is 0.241. The molecule has 1 heterocycles. The molecule has 0 aromatic carbocycles. The third-order valence-electron chi connectivity index (χ3n) is 1.78. The number of ether oxygens (including phenoxy) is 1. The molecule has 1 aromatic rings. The van der Waals surface area contributed by atoms with Crippen molar-refractivity contribution in [3.8, 4) is 5.75 Å². The van der Waals surface area contributed by atoms with Crippen molar-refractivity contribution in [2.45, 2.75) is 31.9 Å². The van der Waals surface area contributed by atoms with Gasteiger partial charge in [0.2, 0.25) is 0 Å². The molecular weight excluding hydrogens is 214 g/mol. The topological polar surface area (TPSA) is 56.3 Å². The first kappa shape index (κ1) is 12.0. The number of aromatic nitrogens is 1. The van der Waals surface area contributed by atoms with E-state index in [-0.39, 0.29) is 16.9 Å². The zero-order valence-corrected chi connectivity index (χ0v) is 9.91. The van der Waals surface area contributed by atoms with Gasteiger partial charge in [-0.15, -0.1) is 0 Å². The number of hydrogen-bond acceptors (Lipinski definition) is 4. The monoisotopic (exact) mass is 229 g/mol. The van der Waals surface area contributed by atoms with Crippen LogP contribution >= 0.6 is 0 Å². The molecule has 1 aromatic heterocycles. The minimum Gasteiger partial charge on any atom is -0.489 e. The minimum absolute atomic E-state index is 0.0560. The van der Waals surface area contributed by atoms with E-state index in [1.807, 2.05) is 13.8 Å². The molecule has 0 atom stereocenters. The van der Waals surface area contributed by atoms with Crippen molar-refractivity contribution < 1.29 is 13.2 Å². The highest BCUT2D eigenvalue weighted by Gasteiger charge is 2.12. The van der Waals surface area contributed by atoms with Crippen LogP contribution in [0, 0.1) is 0 Å². The molecule has 0 amide bonds. The van der Waals surface area contributed by atoms with Gasteiger partial charge < -0.3 is 4.74 Å². The molecule has 0 N–H and O–H groups in total. The van der Waals surface area contributed by atoms with Crippen molar-refractivity contribution in [3.63, 3.8) is 0 Å². The summed E-state index contributed by atoms with van der Waals surface area (Å²) < 4.78 is 28.2. The largest absolute Gasteiger partial charge is 0.489 e. The molecule has 5 heteroatoms. The lowest BCUT2D eigenvalue weighted by atomic mass is 10.4. The maximum Gasteiger partial charge on any atom is 0.195 e. The molecule has 0 saturated heterocycles. The fourth-order valence-electron chi connectivity index (χ4n) is 1.04. The number of sulfone groups is 1. The average Bonchev–Trinajstić information content (AvgIpc) is 2.18. The summed E-state index contributed by atoms with van der Waals surface area (Å²) in [4.78, 5) is 3.86. The Labute approximate surface area is 90.2 Å². The van der Waals surface area contributed by atoms with E-state index in [4.69, 9.17) is 4.74 Å². The van der Waals surface area contributed by atoms with Crippen LogP contribution in [0.5, 0.6) is 5.75 Å². The molecule has 4 nitrogen and oxygen atoms in total. The average molecular weight is 229 g/mol. The van der Waals surface area contributed by atoms with E-state index in [0.29, 0.717) is 5.75 Å². The normalized spacial score (nSPS) is 11.7. The van der Waals surface area contributed by atoms with Crippen LogP contribution in [0.1, 0.15) is 20.8 Å². The van der Waals surface area contributed by atoms with Crippen LogP contribution < -0.4 is 4.74 Å². The summed E-state index contributed by atoms with van der Waals surface area (Å²) in [6.07, 6.45) is 1.49. The molecule has 15 heavy (non-hydrogen) atoms. The maximum atomic E-state index is 11.4. The molecule has 0 spiro atoms. The van der Waals surface area contributed by atoms with Gasteiger partial charge in [-0.1, -0.05) is 6.92 Å². The molecule has 0 aliphatic rings. The van der Waals surface area contributed by atoms with Crippen LogP contribution in [0.3, 0.4) is 0 Å². The minimum atomic E-state index is -3.21. The van der Waals surface area contributed by atoms with Crippen molar-refractivity contribution in [3.05, 3.63) is 18.3 Å². The second-order valence-electron chi connectivity index (χ2n) is 3.40. The Hall–Kier alpha value is -1.10.